The first-order valence-corrected chi connectivity index (χ1v) is 7.74. The van der Waals surface area contributed by atoms with E-state index in [-0.39, 0.29) is 0 Å². The first kappa shape index (κ1) is 14.2. The zero-order valence-electron chi connectivity index (χ0n) is 11.9. The summed E-state index contributed by atoms with van der Waals surface area (Å²) in [6, 6.07) is 8.83. The van der Waals surface area contributed by atoms with E-state index < -0.39 is 0 Å². The predicted molar refractivity (Wildman–Crippen MR) is 83.8 cm³/mol. The second kappa shape index (κ2) is 6.31. The highest BCUT2D eigenvalue weighted by Gasteiger charge is 2.11. The first-order valence-electron chi connectivity index (χ1n) is 6.92. The quantitative estimate of drug-likeness (QED) is 0.890. The molecular weight excluding hydrogens is 252 g/mol. The maximum Gasteiger partial charge on any atom is 0.0904 e. The lowest BCUT2D eigenvalue weighted by atomic mass is 9.97. The van der Waals surface area contributed by atoms with E-state index >= 15 is 0 Å². The highest BCUT2D eigenvalue weighted by Crippen LogP contribution is 2.29. The number of benzene rings is 1. The lowest BCUT2D eigenvalue weighted by molar-refractivity contribution is 0.734. The molecule has 2 rings (SSSR count). The Bertz CT molecular complexity index is 528. The molecule has 1 heterocycles. The largest absolute Gasteiger partial charge is 0.330 e. The Balaban J connectivity index is 2.31. The van der Waals surface area contributed by atoms with Gasteiger partial charge in [-0.05, 0) is 37.8 Å². The van der Waals surface area contributed by atoms with Gasteiger partial charge >= 0.3 is 0 Å². The van der Waals surface area contributed by atoms with Crippen LogP contribution in [0.1, 0.15) is 41.6 Å². The minimum Gasteiger partial charge on any atom is -0.330 e. The molecule has 102 valence electrons. The number of nitrogens with two attached hydrogens (primary N) is 1. The molecule has 3 heteroatoms. The molecule has 1 aromatic carbocycles. The highest BCUT2D eigenvalue weighted by molar-refractivity contribution is 7.12. The molecule has 0 spiro atoms. The number of aryl methyl sites for hydroxylation is 1. The van der Waals surface area contributed by atoms with E-state index in [0.717, 1.165) is 17.1 Å². The summed E-state index contributed by atoms with van der Waals surface area (Å²) in [6.45, 7) is 7.23. The summed E-state index contributed by atoms with van der Waals surface area (Å²) in [7, 11) is 0. The third-order valence-electron chi connectivity index (χ3n) is 3.54. The second-order valence-corrected chi connectivity index (χ2v) is 6.26. The molecule has 19 heavy (non-hydrogen) atoms. The molecule has 0 aliphatic heterocycles. The number of rotatable bonds is 5. The van der Waals surface area contributed by atoms with E-state index in [9.17, 15) is 0 Å². The molecule has 0 bridgehead atoms. The summed E-state index contributed by atoms with van der Waals surface area (Å²) in [4.78, 5) is 5.96. The Hall–Kier alpha value is -1.19. The molecule has 2 nitrogen and oxygen atoms in total. The molecular formula is C16H22N2S. The third-order valence-corrected chi connectivity index (χ3v) is 4.57. The smallest absolute Gasteiger partial charge is 0.0904 e. The lowest BCUT2D eigenvalue weighted by Crippen LogP contribution is -2.02. The Kier molecular flexibility index (Phi) is 4.72. The van der Waals surface area contributed by atoms with Crippen LogP contribution in [0.2, 0.25) is 0 Å². The van der Waals surface area contributed by atoms with Crippen molar-refractivity contribution in [3.05, 3.63) is 39.7 Å². The van der Waals surface area contributed by atoms with Crippen molar-refractivity contribution in [3.63, 3.8) is 0 Å². The third kappa shape index (κ3) is 3.23. The average molecular weight is 274 g/mol. The van der Waals surface area contributed by atoms with Crippen molar-refractivity contribution >= 4 is 11.3 Å². The van der Waals surface area contributed by atoms with Crippen molar-refractivity contribution in [1.82, 2.24) is 4.98 Å². The number of aromatic nitrogens is 1. The van der Waals surface area contributed by atoms with Crippen LogP contribution < -0.4 is 5.73 Å². The maximum atomic E-state index is 5.68. The molecule has 0 fully saturated rings. The predicted octanol–water partition coefficient (Wildman–Crippen LogP) is 4.13. The van der Waals surface area contributed by atoms with Gasteiger partial charge in [0.15, 0.2) is 0 Å². The fourth-order valence-electron chi connectivity index (χ4n) is 2.20. The Morgan fingerprint density at radius 2 is 1.95 bits per heavy atom. The van der Waals surface area contributed by atoms with Crippen LogP contribution in [0.15, 0.2) is 24.3 Å². The molecule has 0 saturated heterocycles. The average Bonchev–Trinajstić information content (AvgIpc) is 2.79. The van der Waals surface area contributed by atoms with Gasteiger partial charge in [0.05, 0.1) is 10.7 Å². The van der Waals surface area contributed by atoms with Gasteiger partial charge in [0.2, 0.25) is 0 Å². The molecule has 1 atom stereocenters. The summed E-state index contributed by atoms with van der Waals surface area (Å²) in [5.41, 5.74) is 9.40. The van der Waals surface area contributed by atoms with Crippen molar-refractivity contribution in [1.29, 1.82) is 0 Å². The molecule has 2 N–H and O–H groups in total. The summed E-state index contributed by atoms with van der Waals surface area (Å²) < 4.78 is 0. The van der Waals surface area contributed by atoms with Crippen LogP contribution in [0.5, 0.6) is 0 Å². The van der Waals surface area contributed by atoms with Gasteiger partial charge in [-0.2, -0.15) is 0 Å². The van der Waals surface area contributed by atoms with Gasteiger partial charge in [-0.25, -0.2) is 4.98 Å². The fourth-order valence-corrected chi connectivity index (χ4v) is 3.17. The normalized spacial score (nSPS) is 12.6. The summed E-state index contributed by atoms with van der Waals surface area (Å²) >= 11 is 1.76. The monoisotopic (exact) mass is 274 g/mol. The van der Waals surface area contributed by atoms with Crippen LogP contribution in [0.3, 0.4) is 0 Å². The van der Waals surface area contributed by atoms with Gasteiger partial charge in [0.1, 0.15) is 0 Å². The Morgan fingerprint density at radius 3 is 2.53 bits per heavy atom. The molecule has 0 saturated carbocycles. The molecule has 2 aromatic rings. The van der Waals surface area contributed by atoms with E-state index in [1.807, 2.05) is 0 Å². The zero-order chi connectivity index (χ0) is 13.8. The van der Waals surface area contributed by atoms with Gasteiger partial charge < -0.3 is 5.73 Å². The summed E-state index contributed by atoms with van der Waals surface area (Å²) in [5.74, 6) is 0.620. The number of hydrogen-bond donors (Lipinski definition) is 1. The van der Waals surface area contributed by atoms with Crippen LogP contribution in [0, 0.1) is 6.92 Å². The lowest BCUT2D eigenvalue weighted by Gasteiger charge is -2.09. The van der Waals surface area contributed by atoms with Crippen molar-refractivity contribution in [2.75, 3.05) is 6.54 Å². The van der Waals surface area contributed by atoms with Crippen molar-refractivity contribution in [2.45, 2.75) is 39.5 Å². The number of hydrogen-bond acceptors (Lipinski definition) is 3. The van der Waals surface area contributed by atoms with Crippen LogP contribution >= 0.6 is 11.3 Å². The second-order valence-electron chi connectivity index (χ2n) is 4.97. The Morgan fingerprint density at radius 1 is 1.26 bits per heavy atom. The van der Waals surface area contributed by atoms with Gasteiger partial charge in [-0.3, -0.25) is 0 Å². The standard InChI is InChI=1S/C16H22N2S/c1-4-11(2)13-5-7-14(8-6-13)16-15(9-10-17)19-12(3)18-16/h5-8,11H,4,9-10,17H2,1-3H3. The Labute approximate surface area is 119 Å². The van der Waals surface area contributed by atoms with Gasteiger partial charge in [0.25, 0.3) is 0 Å². The van der Waals surface area contributed by atoms with Crippen LogP contribution in [-0.4, -0.2) is 11.5 Å². The van der Waals surface area contributed by atoms with Crippen molar-refractivity contribution in [3.8, 4) is 11.3 Å². The van der Waals surface area contributed by atoms with E-state index in [1.54, 1.807) is 11.3 Å². The van der Waals surface area contributed by atoms with Crippen LogP contribution in [0.25, 0.3) is 11.3 Å². The van der Waals surface area contributed by atoms with Gasteiger partial charge in [-0.1, -0.05) is 38.1 Å². The maximum absolute atomic E-state index is 5.68. The van der Waals surface area contributed by atoms with Crippen molar-refractivity contribution in [2.24, 2.45) is 5.73 Å². The highest BCUT2D eigenvalue weighted by atomic mass is 32.1. The van der Waals surface area contributed by atoms with E-state index in [0.29, 0.717) is 12.5 Å². The summed E-state index contributed by atoms with van der Waals surface area (Å²) in [6.07, 6.45) is 2.08. The zero-order valence-corrected chi connectivity index (χ0v) is 12.8. The van der Waals surface area contributed by atoms with Crippen LogP contribution in [0.4, 0.5) is 0 Å². The van der Waals surface area contributed by atoms with Crippen molar-refractivity contribution < 1.29 is 0 Å². The summed E-state index contributed by atoms with van der Waals surface area (Å²) in [5, 5.41) is 1.12. The molecule has 0 aliphatic carbocycles. The van der Waals surface area contributed by atoms with E-state index in [4.69, 9.17) is 5.73 Å². The minimum atomic E-state index is 0.620. The van der Waals surface area contributed by atoms with Gasteiger partial charge in [0, 0.05) is 10.4 Å². The van der Waals surface area contributed by atoms with E-state index in [2.05, 4.69) is 50.0 Å². The first-order chi connectivity index (χ1) is 9.15. The topological polar surface area (TPSA) is 38.9 Å². The van der Waals surface area contributed by atoms with E-state index in [1.165, 1.54) is 22.4 Å². The van der Waals surface area contributed by atoms with Crippen LogP contribution in [-0.2, 0) is 6.42 Å². The molecule has 0 radical (unpaired) electrons. The SMILES string of the molecule is CCC(C)c1ccc(-c2nc(C)sc2CCN)cc1. The molecule has 1 unspecified atom stereocenters. The number of nitrogens with zero attached hydrogens (tertiary/aromatic N) is 1. The van der Waals surface area contributed by atoms with Gasteiger partial charge in [-0.15, -0.1) is 11.3 Å². The molecule has 0 amide bonds. The minimum absolute atomic E-state index is 0.620. The molecule has 0 aliphatic rings. The molecule has 1 aromatic heterocycles. The number of thiazole rings is 1. The fraction of sp³-hybridized carbons (Fsp3) is 0.438.